The Morgan fingerprint density at radius 1 is 1.03 bits per heavy atom. The highest BCUT2D eigenvalue weighted by Gasteiger charge is 2.31. The smallest absolute Gasteiger partial charge is 0.240 e. The number of nitrogens with one attached hydrogen (secondary N) is 1. The normalized spacial score (nSPS) is 15.0. The zero-order valence-electron chi connectivity index (χ0n) is 20.9. The molecular weight excluding hydrogens is 498 g/mol. The lowest BCUT2D eigenvalue weighted by Crippen LogP contribution is -2.38. The first-order valence-corrected chi connectivity index (χ1v) is 12.9. The molecular formula is C30H28ClN5O2. The highest BCUT2D eigenvalue weighted by atomic mass is 35.5. The summed E-state index contributed by atoms with van der Waals surface area (Å²) in [6, 6.07) is 25.1. The van der Waals surface area contributed by atoms with Crippen molar-refractivity contribution < 1.29 is 9.53 Å². The zero-order valence-corrected chi connectivity index (χ0v) is 21.6. The molecule has 192 valence electrons. The van der Waals surface area contributed by atoms with E-state index in [0.717, 1.165) is 28.8 Å². The van der Waals surface area contributed by atoms with Gasteiger partial charge in [-0.1, -0.05) is 60.1 Å². The lowest BCUT2D eigenvalue weighted by molar-refractivity contribution is -0.129. The van der Waals surface area contributed by atoms with Gasteiger partial charge in [-0.15, -0.1) is 0 Å². The fraction of sp³-hybridized carbons (Fsp3) is 0.233. The van der Waals surface area contributed by atoms with Crippen molar-refractivity contribution in [1.82, 2.24) is 19.8 Å². The van der Waals surface area contributed by atoms with Crippen LogP contribution in [0.3, 0.4) is 0 Å². The van der Waals surface area contributed by atoms with Crippen LogP contribution < -0.4 is 10.1 Å². The number of nitrogens with zero attached hydrogens (tertiary/aromatic N) is 4. The molecule has 1 N–H and O–H groups in total. The standard InChI is InChI=1S/C30H28ClN5O2/c31-26-8-4-7-23(13-26)18-35-12-11-28(30(35)37)34-17-27-16-33-21-36(27)19-24-9-10-25(15-32)29(14-24)38-20-22-5-2-1-3-6-22/h1-10,13-14,16,21,28,34H,11-12,17-20H2. The summed E-state index contributed by atoms with van der Waals surface area (Å²) in [5.74, 6) is 0.660. The molecule has 1 amide bonds. The van der Waals surface area contributed by atoms with Crippen molar-refractivity contribution >= 4 is 17.5 Å². The maximum Gasteiger partial charge on any atom is 0.240 e. The number of imidazole rings is 1. The summed E-state index contributed by atoms with van der Waals surface area (Å²) in [4.78, 5) is 19.2. The summed E-state index contributed by atoms with van der Waals surface area (Å²) >= 11 is 6.09. The Hall–Kier alpha value is -4.12. The third-order valence-electron chi connectivity index (χ3n) is 6.64. The van der Waals surface area contributed by atoms with E-state index in [1.807, 2.05) is 82.4 Å². The molecule has 1 aliphatic heterocycles. The summed E-state index contributed by atoms with van der Waals surface area (Å²) in [6.45, 7) is 2.75. The first-order chi connectivity index (χ1) is 18.6. The van der Waals surface area contributed by atoms with Gasteiger partial charge in [-0.2, -0.15) is 5.26 Å². The van der Waals surface area contributed by atoms with E-state index < -0.39 is 0 Å². The second-order valence-corrected chi connectivity index (χ2v) is 9.78. The topological polar surface area (TPSA) is 83.2 Å². The SMILES string of the molecule is N#Cc1ccc(Cn2cncc2CNC2CCN(Cc3cccc(Cl)c3)C2=O)cc1OCc1ccccc1. The van der Waals surface area contributed by atoms with Crippen LogP contribution in [0, 0.1) is 11.3 Å². The molecule has 0 radical (unpaired) electrons. The Balaban J connectivity index is 1.19. The van der Waals surface area contributed by atoms with E-state index in [1.54, 1.807) is 12.4 Å². The van der Waals surface area contributed by atoms with Crippen LogP contribution in [0.5, 0.6) is 5.75 Å². The molecule has 0 saturated carbocycles. The summed E-state index contributed by atoms with van der Waals surface area (Å²) in [6.07, 6.45) is 4.35. The van der Waals surface area contributed by atoms with Crippen molar-refractivity contribution in [2.24, 2.45) is 0 Å². The van der Waals surface area contributed by atoms with Crippen LogP contribution in [-0.2, 0) is 31.0 Å². The van der Waals surface area contributed by atoms with Gasteiger partial charge in [-0.05, 0) is 47.4 Å². The molecule has 1 unspecified atom stereocenters. The predicted octanol–water partition coefficient (Wildman–Crippen LogP) is 4.93. The number of nitriles is 1. The molecule has 1 saturated heterocycles. The molecule has 0 bridgehead atoms. The minimum Gasteiger partial charge on any atom is -0.488 e. The average molecular weight is 526 g/mol. The summed E-state index contributed by atoms with van der Waals surface area (Å²) in [5, 5.41) is 13.6. The maximum absolute atomic E-state index is 13.0. The lowest BCUT2D eigenvalue weighted by atomic mass is 10.1. The first-order valence-electron chi connectivity index (χ1n) is 12.5. The number of hydrogen-bond donors (Lipinski definition) is 1. The molecule has 38 heavy (non-hydrogen) atoms. The van der Waals surface area contributed by atoms with Gasteiger partial charge in [0.15, 0.2) is 0 Å². The van der Waals surface area contributed by atoms with E-state index in [9.17, 15) is 10.1 Å². The number of halogens is 1. The van der Waals surface area contributed by atoms with E-state index in [0.29, 0.717) is 49.1 Å². The van der Waals surface area contributed by atoms with Gasteiger partial charge in [-0.3, -0.25) is 4.79 Å². The van der Waals surface area contributed by atoms with E-state index in [1.165, 1.54) is 0 Å². The Kier molecular flexibility index (Phi) is 8.03. The Bertz CT molecular complexity index is 1450. The highest BCUT2D eigenvalue weighted by molar-refractivity contribution is 6.30. The molecule has 8 heteroatoms. The van der Waals surface area contributed by atoms with E-state index >= 15 is 0 Å². The van der Waals surface area contributed by atoms with E-state index in [-0.39, 0.29) is 11.9 Å². The van der Waals surface area contributed by atoms with Gasteiger partial charge in [-0.25, -0.2) is 4.98 Å². The van der Waals surface area contributed by atoms with Crippen molar-refractivity contribution in [2.75, 3.05) is 6.54 Å². The monoisotopic (exact) mass is 525 g/mol. The Morgan fingerprint density at radius 3 is 2.66 bits per heavy atom. The second-order valence-electron chi connectivity index (χ2n) is 9.34. The molecule has 0 spiro atoms. The van der Waals surface area contributed by atoms with Crippen LogP contribution >= 0.6 is 11.6 Å². The summed E-state index contributed by atoms with van der Waals surface area (Å²) in [7, 11) is 0. The molecule has 1 atom stereocenters. The second kappa shape index (κ2) is 12.0. The minimum absolute atomic E-state index is 0.100. The van der Waals surface area contributed by atoms with E-state index in [2.05, 4.69) is 16.4 Å². The van der Waals surface area contributed by atoms with Gasteiger partial charge in [0.2, 0.25) is 5.91 Å². The third-order valence-corrected chi connectivity index (χ3v) is 6.88. The van der Waals surface area contributed by atoms with Gasteiger partial charge in [0.05, 0.1) is 23.6 Å². The van der Waals surface area contributed by atoms with Crippen molar-refractivity contribution in [3.8, 4) is 11.8 Å². The maximum atomic E-state index is 13.0. The van der Waals surface area contributed by atoms with Crippen LogP contribution in [0.15, 0.2) is 85.3 Å². The molecule has 4 aromatic rings. The molecule has 1 aromatic heterocycles. The number of amides is 1. The molecule has 0 aliphatic carbocycles. The molecule has 1 fully saturated rings. The van der Waals surface area contributed by atoms with Gasteiger partial charge in [0.25, 0.3) is 0 Å². The lowest BCUT2D eigenvalue weighted by Gasteiger charge is -2.18. The van der Waals surface area contributed by atoms with E-state index in [4.69, 9.17) is 16.3 Å². The molecule has 1 aliphatic rings. The number of aromatic nitrogens is 2. The van der Waals surface area contributed by atoms with Crippen LogP contribution in [0.2, 0.25) is 5.02 Å². The van der Waals surface area contributed by atoms with Crippen molar-refractivity contribution in [1.29, 1.82) is 5.26 Å². The first kappa shape index (κ1) is 25.5. The van der Waals surface area contributed by atoms with Crippen molar-refractivity contribution in [3.05, 3.63) is 118 Å². The summed E-state index contributed by atoms with van der Waals surface area (Å²) < 4.78 is 8.02. The van der Waals surface area contributed by atoms with Crippen LogP contribution in [0.25, 0.3) is 0 Å². The van der Waals surface area contributed by atoms with Crippen molar-refractivity contribution in [3.63, 3.8) is 0 Å². The average Bonchev–Trinajstić information content (AvgIpc) is 3.52. The number of benzene rings is 3. The van der Waals surface area contributed by atoms with Crippen LogP contribution in [0.1, 0.15) is 34.4 Å². The largest absolute Gasteiger partial charge is 0.488 e. The summed E-state index contributed by atoms with van der Waals surface area (Å²) in [5.41, 5.74) is 4.54. The predicted molar refractivity (Wildman–Crippen MR) is 145 cm³/mol. The number of carbonyl (C=O) groups excluding carboxylic acids is 1. The minimum atomic E-state index is -0.231. The fourth-order valence-electron chi connectivity index (χ4n) is 4.62. The van der Waals surface area contributed by atoms with Crippen LogP contribution in [-0.4, -0.2) is 32.9 Å². The van der Waals surface area contributed by atoms with Gasteiger partial charge in [0, 0.05) is 37.4 Å². The molecule has 5 rings (SSSR count). The zero-order chi connectivity index (χ0) is 26.3. The van der Waals surface area contributed by atoms with Gasteiger partial charge >= 0.3 is 0 Å². The molecule has 3 aromatic carbocycles. The third kappa shape index (κ3) is 6.23. The number of rotatable bonds is 10. The fourth-order valence-corrected chi connectivity index (χ4v) is 4.83. The van der Waals surface area contributed by atoms with Crippen LogP contribution in [0.4, 0.5) is 0 Å². The number of likely N-dealkylation sites (tertiary alicyclic amines) is 1. The number of hydrogen-bond acceptors (Lipinski definition) is 5. The quantitative estimate of drug-likeness (QED) is 0.317. The molecule has 7 nitrogen and oxygen atoms in total. The van der Waals surface area contributed by atoms with Gasteiger partial charge < -0.3 is 19.5 Å². The highest BCUT2D eigenvalue weighted by Crippen LogP contribution is 2.23. The van der Waals surface area contributed by atoms with Gasteiger partial charge in [0.1, 0.15) is 18.4 Å². The number of carbonyl (C=O) groups is 1. The van der Waals surface area contributed by atoms with Crippen molar-refractivity contribution in [2.45, 2.75) is 38.7 Å². The number of ether oxygens (including phenoxy) is 1. The molecule has 2 heterocycles. The Morgan fingerprint density at radius 2 is 1.84 bits per heavy atom. The Labute approximate surface area is 227 Å².